The highest BCUT2D eigenvalue weighted by Crippen LogP contribution is 2.43. The number of aliphatic hydroxyl groups is 1. The lowest BCUT2D eigenvalue weighted by Crippen LogP contribution is -2.38. The van der Waals surface area contributed by atoms with Gasteiger partial charge in [-0.15, -0.1) is 0 Å². The van der Waals surface area contributed by atoms with Crippen LogP contribution in [0.4, 0.5) is 0 Å². The molecule has 0 heterocycles. The van der Waals surface area contributed by atoms with Crippen LogP contribution in [0.3, 0.4) is 0 Å². The van der Waals surface area contributed by atoms with E-state index in [9.17, 15) is 9.90 Å². The van der Waals surface area contributed by atoms with Gasteiger partial charge in [-0.05, 0) is 30.5 Å². The van der Waals surface area contributed by atoms with Gasteiger partial charge < -0.3 is 10.2 Å². The summed E-state index contributed by atoms with van der Waals surface area (Å²) in [6, 6.07) is 6.91. The molecule has 0 spiro atoms. The Morgan fingerprint density at radius 2 is 2.13 bits per heavy atom. The maximum absolute atomic E-state index is 10.8. The van der Waals surface area contributed by atoms with Crippen molar-refractivity contribution in [3.05, 3.63) is 35.4 Å². The molecule has 0 radical (unpaired) electrons. The summed E-state index contributed by atoms with van der Waals surface area (Å²) in [6.07, 6.45) is 3.01. The quantitative estimate of drug-likeness (QED) is 0.792. The molecule has 1 aliphatic carbocycles. The van der Waals surface area contributed by atoms with E-state index in [1.54, 1.807) is 18.2 Å². The maximum Gasteiger partial charge on any atom is 0.335 e. The molecule has 1 fully saturated rings. The van der Waals surface area contributed by atoms with Crippen molar-refractivity contribution in [3.63, 3.8) is 0 Å². The van der Waals surface area contributed by atoms with E-state index in [-0.39, 0.29) is 12.0 Å². The molecule has 0 amide bonds. The van der Waals surface area contributed by atoms with Crippen molar-refractivity contribution in [1.82, 2.24) is 0 Å². The highest BCUT2D eigenvalue weighted by atomic mass is 16.4. The first-order valence-electron chi connectivity index (χ1n) is 5.13. The number of hydrogen-bond donors (Lipinski definition) is 2. The molecular weight excluding hydrogens is 192 g/mol. The van der Waals surface area contributed by atoms with Crippen molar-refractivity contribution in [1.29, 1.82) is 0 Å². The lowest BCUT2D eigenvalue weighted by molar-refractivity contribution is 0.0695. The summed E-state index contributed by atoms with van der Waals surface area (Å²) in [5.41, 5.74) is 1.08. The van der Waals surface area contributed by atoms with Crippen LogP contribution in [0, 0.1) is 0 Å². The van der Waals surface area contributed by atoms with E-state index in [0.717, 1.165) is 24.8 Å². The molecule has 1 saturated carbocycles. The number of rotatable bonds is 3. The molecule has 2 rings (SSSR count). The van der Waals surface area contributed by atoms with Gasteiger partial charge in [-0.2, -0.15) is 0 Å². The Bertz CT molecular complexity index is 375. The highest BCUT2D eigenvalue weighted by molar-refractivity contribution is 5.87. The zero-order valence-electron chi connectivity index (χ0n) is 8.44. The van der Waals surface area contributed by atoms with Crippen molar-refractivity contribution >= 4 is 5.97 Å². The van der Waals surface area contributed by atoms with Crippen LogP contribution < -0.4 is 0 Å². The van der Waals surface area contributed by atoms with Crippen LogP contribution in [-0.4, -0.2) is 22.8 Å². The van der Waals surface area contributed by atoms with Gasteiger partial charge in [0.15, 0.2) is 0 Å². The predicted molar refractivity (Wildman–Crippen MR) is 56.0 cm³/mol. The molecule has 15 heavy (non-hydrogen) atoms. The smallest absolute Gasteiger partial charge is 0.335 e. The second kappa shape index (κ2) is 3.66. The van der Waals surface area contributed by atoms with Crippen LogP contribution in [0.25, 0.3) is 0 Å². The Labute approximate surface area is 88.4 Å². The molecule has 1 aromatic carbocycles. The van der Waals surface area contributed by atoms with Crippen LogP contribution in [0.5, 0.6) is 0 Å². The predicted octanol–water partition coefficient (Wildman–Crippen LogP) is 1.80. The SMILES string of the molecule is O=C(O)c1cccc(C2(CO)CCC2)c1. The van der Waals surface area contributed by atoms with Crippen LogP contribution in [0.1, 0.15) is 35.2 Å². The summed E-state index contributed by atoms with van der Waals surface area (Å²) in [5, 5.41) is 18.2. The Kier molecular flexibility index (Phi) is 2.49. The minimum absolute atomic E-state index is 0.107. The fraction of sp³-hybridized carbons (Fsp3) is 0.417. The van der Waals surface area contributed by atoms with E-state index in [0.29, 0.717) is 5.56 Å². The molecule has 1 aromatic rings. The monoisotopic (exact) mass is 206 g/mol. The van der Waals surface area contributed by atoms with Gasteiger partial charge in [0.25, 0.3) is 0 Å². The maximum atomic E-state index is 10.8. The summed E-state index contributed by atoms with van der Waals surface area (Å²) in [5.74, 6) is -0.913. The van der Waals surface area contributed by atoms with Gasteiger partial charge in [-0.1, -0.05) is 18.6 Å². The molecular formula is C12H14O3. The first-order chi connectivity index (χ1) is 7.18. The third-order valence-electron chi connectivity index (χ3n) is 3.34. The minimum atomic E-state index is -0.913. The summed E-state index contributed by atoms with van der Waals surface area (Å²) >= 11 is 0. The fourth-order valence-electron chi connectivity index (χ4n) is 2.12. The number of hydrogen-bond acceptors (Lipinski definition) is 2. The van der Waals surface area contributed by atoms with Gasteiger partial charge >= 0.3 is 5.97 Å². The summed E-state index contributed by atoms with van der Waals surface area (Å²) in [6.45, 7) is 0.107. The van der Waals surface area contributed by atoms with Gasteiger partial charge in [0, 0.05) is 5.41 Å². The van der Waals surface area contributed by atoms with E-state index in [4.69, 9.17) is 5.11 Å². The molecule has 0 aromatic heterocycles. The van der Waals surface area contributed by atoms with Crippen molar-refractivity contribution < 1.29 is 15.0 Å². The van der Waals surface area contributed by atoms with Crippen molar-refractivity contribution in [2.75, 3.05) is 6.61 Å². The number of carboxylic acid groups (broad SMARTS) is 1. The molecule has 80 valence electrons. The summed E-state index contributed by atoms with van der Waals surface area (Å²) < 4.78 is 0. The Morgan fingerprint density at radius 3 is 2.60 bits per heavy atom. The first kappa shape index (κ1) is 10.2. The zero-order valence-corrected chi connectivity index (χ0v) is 8.44. The average molecular weight is 206 g/mol. The van der Waals surface area contributed by atoms with E-state index in [1.807, 2.05) is 6.07 Å². The van der Waals surface area contributed by atoms with Crippen LogP contribution >= 0.6 is 0 Å². The first-order valence-corrected chi connectivity index (χ1v) is 5.13. The largest absolute Gasteiger partial charge is 0.478 e. The lowest BCUT2D eigenvalue weighted by atomic mass is 9.65. The number of carbonyl (C=O) groups is 1. The second-order valence-electron chi connectivity index (χ2n) is 4.18. The van der Waals surface area contributed by atoms with Crippen molar-refractivity contribution in [2.45, 2.75) is 24.7 Å². The Balaban J connectivity index is 2.35. The fourth-order valence-corrected chi connectivity index (χ4v) is 2.12. The molecule has 3 nitrogen and oxygen atoms in total. The molecule has 3 heteroatoms. The van der Waals surface area contributed by atoms with E-state index in [1.165, 1.54) is 0 Å². The molecule has 0 bridgehead atoms. The van der Waals surface area contributed by atoms with E-state index >= 15 is 0 Å². The molecule has 2 N–H and O–H groups in total. The molecule has 0 aliphatic heterocycles. The van der Waals surface area contributed by atoms with Crippen molar-refractivity contribution in [3.8, 4) is 0 Å². The van der Waals surface area contributed by atoms with Crippen LogP contribution in [0.2, 0.25) is 0 Å². The third kappa shape index (κ3) is 1.63. The summed E-state index contributed by atoms with van der Waals surface area (Å²) in [7, 11) is 0. The summed E-state index contributed by atoms with van der Waals surface area (Å²) in [4.78, 5) is 10.8. The normalized spacial score (nSPS) is 18.2. The number of carboxylic acids is 1. The number of benzene rings is 1. The highest BCUT2D eigenvalue weighted by Gasteiger charge is 2.38. The van der Waals surface area contributed by atoms with Gasteiger partial charge in [-0.25, -0.2) is 4.79 Å². The van der Waals surface area contributed by atoms with Crippen molar-refractivity contribution in [2.24, 2.45) is 0 Å². The molecule has 0 saturated heterocycles. The zero-order chi connectivity index (χ0) is 10.9. The Hall–Kier alpha value is -1.35. The standard InChI is InChI=1S/C12H14O3/c13-8-12(5-2-6-12)10-4-1-3-9(7-10)11(14)15/h1,3-4,7,13H,2,5-6,8H2,(H,14,15). The van der Waals surface area contributed by atoms with Gasteiger partial charge in [0.1, 0.15) is 0 Å². The van der Waals surface area contributed by atoms with Gasteiger partial charge in [-0.3, -0.25) is 0 Å². The number of aromatic carboxylic acids is 1. The lowest BCUT2D eigenvalue weighted by Gasteiger charge is -2.41. The third-order valence-corrected chi connectivity index (χ3v) is 3.34. The molecule has 1 aliphatic rings. The van der Waals surface area contributed by atoms with Crippen LogP contribution in [0.15, 0.2) is 24.3 Å². The van der Waals surface area contributed by atoms with Gasteiger partial charge in [0.05, 0.1) is 12.2 Å². The molecule has 0 atom stereocenters. The van der Waals surface area contributed by atoms with E-state index in [2.05, 4.69) is 0 Å². The minimum Gasteiger partial charge on any atom is -0.478 e. The second-order valence-corrected chi connectivity index (χ2v) is 4.18. The Morgan fingerprint density at radius 1 is 1.40 bits per heavy atom. The molecule has 0 unspecified atom stereocenters. The van der Waals surface area contributed by atoms with E-state index < -0.39 is 5.97 Å². The average Bonchev–Trinajstić information content (AvgIpc) is 2.17. The topological polar surface area (TPSA) is 57.5 Å². The van der Waals surface area contributed by atoms with Gasteiger partial charge in [0.2, 0.25) is 0 Å². The van der Waals surface area contributed by atoms with Crippen LogP contribution in [-0.2, 0) is 5.41 Å². The number of aliphatic hydroxyl groups excluding tert-OH is 1.